The van der Waals surface area contributed by atoms with Crippen molar-refractivity contribution in [2.24, 2.45) is 0 Å². The second kappa shape index (κ2) is 9.49. The van der Waals surface area contributed by atoms with Gasteiger partial charge in [0.1, 0.15) is 0 Å². The fourth-order valence-corrected chi connectivity index (χ4v) is 5.78. The summed E-state index contributed by atoms with van der Waals surface area (Å²) in [4.78, 5) is 6.95. The van der Waals surface area contributed by atoms with Crippen LogP contribution in [-0.2, 0) is 13.2 Å². The van der Waals surface area contributed by atoms with Crippen LogP contribution in [-0.4, -0.2) is 37.2 Å². The van der Waals surface area contributed by atoms with Gasteiger partial charge in [0.15, 0.2) is 3.95 Å². The van der Waals surface area contributed by atoms with Crippen LogP contribution in [0.25, 0.3) is 0 Å². The molecule has 4 rings (SSSR count). The van der Waals surface area contributed by atoms with Gasteiger partial charge < -0.3 is 5.32 Å². The van der Waals surface area contributed by atoms with Crippen molar-refractivity contribution in [1.82, 2.24) is 19.7 Å². The van der Waals surface area contributed by atoms with Gasteiger partial charge in [0.05, 0.1) is 12.4 Å². The van der Waals surface area contributed by atoms with Crippen LogP contribution >= 0.6 is 51.2 Å². The Hall–Kier alpha value is -1.26. The van der Waals surface area contributed by atoms with Crippen LogP contribution in [0, 0.1) is 3.95 Å². The zero-order chi connectivity index (χ0) is 19.3. The number of rotatable bonds is 7. The second-order valence-electron chi connectivity index (χ2n) is 6.53. The highest BCUT2D eigenvalue weighted by Gasteiger charge is 2.24. The quantitative estimate of drug-likeness (QED) is 0.435. The Labute approximate surface area is 186 Å². The molecule has 1 aliphatic heterocycles. The highest BCUT2D eigenvalue weighted by Crippen LogP contribution is 2.26. The minimum Gasteiger partial charge on any atom is -0.330 e. The van der Waals surface area contributed by atoms with E-state index in [1.54, 1.807) is 0 Å². The summed E-state index contributed by atoms with van der Waals surface area (Å²) in [5, 5.41) is 8.88. The Morgan fingerprint density at radius 1 is 1.29 bits per heavy atom. The Morgan fingerprint density at radius 2 is 2.21 bits per heavy atom. The molecule has 3 aromatic rings. The highest BCUT2D eigenvalue weighted by atomic mass is 79.9. The number of hydrogen-bond acceptors (Lipinski definition) is 7. The third-order valence-corrected chi connectivity index (χ3v) is 7.37. The molecule has 1 atom stereocenters. The Bertz CT molecular complexity index is 969. The van der Waals surface area contributed by atoms with E-state index in [4.69, 9.17) is 17.3 Å². The molecule has 0 aliphatic carbocycles. The molecule has 0 saturated carbocycles. The number of halogens is 1. The fraction of sp³-hybridized carbons (Fsp3) is 0.316. The maximum atomic E-state index is 5.59. The molecule has 1 aromatic carbocycles. The van der Waals surface area contributed by atoms with E-state index in [9.17, 15) is 0 Å². The van der Waals surface area contributed by atoms with Crippen molar-refractivity contribution in [3.63, 3.8) is 0 Å². The normalized spacial score (nSPS) is 16.6. The lowest BCUT2D eigenvalue weighted by Crippen LogP contribution is -2.37. The Morgan fingerprint density at radius 3 is 2.96 bits per heavy atom. The van der Waals surface area contributed by atoms with Crippen LogP contribution in [0.2, 0.25) is 0 Å². The smallest absolute Gasteiger partial charge is 0.209 e. The molecule has 1 saturated heterocycles. The maximum absolute atomic E-state index is 5.59. The third-order valence-electron chi connectivity index (χ3n) is 4.51. The van der Waals surface area contributed by atoms with Crippen molar-refractivity contribution in [3.05, 3.63) is 62.8 Å². The van der Waals surface area contributed by atoms with Crippen LogP contribution in [0.3, 0.4) is 0 Å². The number of thioether (sulfide) groups is 1. The molecule has 0 spiro atoms. The fourth-order valence-electron chi connectivity index (χ4n) is 3.11. The van der Waals surface area contributed by atoms with Crippen molar-refractivity contribution >= 4 is 62.1 Å². The number of anilines is 2. The van der Waals surface area contributed by atoms with Gasteiger partial charge in [-0.1, -0.05) is 39.4 Å². The molecule has 0 radical (unpaired) electrons. The van der Waals surface area contributed by atoms with Gasteiger partial charge in [0.25, 0.3) is 0 Å². The van der Waals surface area contributed by atoms with Crippen molar-refractivity contribution in [2.45, 2.75) is 25.7 Å². The Balaban J connectivity index is 1.51. The van der Waals surface area contributed by atoms with Crippen LogP contribution in [0.5, 0.6) is 0 Å². The number of nitrogens with zero attached hydrogens (tertiary/aromatic N) is 4. The molecule has 9 heteroatoms. The monoisotopic (exact) mass is 493 g/mol. The number of benzene rings is 1. The van der Waals surface area contributed by atoms with Crippen LogP contribution in [0.1, 0.15) is 12.1 Å². The first kappa shape index (κ1) is 20.0. The summed E-state index contributed by atoms with van der Waals surface area (Å²) in [6.07, 6.45) is 3.05. The van der Waals surface area contributed by atoms with Crippen molar-refractivity contribution in [3.8, 4) is 0 Å². The topological polar surface area (TPSA) is 46.0 Å². The Kier molecular flexibility index (Phi) is 6.79. The lowest BCUT2D eigenvalue weighted by atomic mass is 10.2. The van der Waals surface area contributed by atoms with E-state index in [0.717, 1.165) is 37.2 Å². The zero-order valence-corrected chi connectivity index (χ0v) is 19.2. The maximum Gasteiger partial charge on any atom is 0.209 e. The summed E-state index contributed by atoms with van der Waals surface area (Å²) in [5.41, 5.74) is 2.07. The first-order chi connectivity index (χ1) is 13.7. The standard InChI is InChI=1S/C19H20BrN5S3/c20-14-4-3-6-15(10-14)22-18-23-25(19(26)28-18)13-24(17-7-9-27-12-17)11-16-5-1-2-8-21-16/h1-6,8,10,17H,7,9,11-13H2,(H,22,23)/t17-/m0/s1. The number of aromatic nitrogens is 3. The van der Waals surface area contributed by atoms with Crippen molar-refractivity contribution in [2.75, 3.05) is 16.8 Å². The molecule has 2 aromatic heterocycles. The van der Waals surface area contributed by atoms with E-state index < -0.39 is 0 Å². The van der Waals surface area contributed by atoms with E-state index in [2.05, 4.69) is 37.2 Å². The SMILES string of the molecule is S=c1sc(Nc2cccc(Br)c2)nn1CN(Cc1ccccn1)[C@H]1CCSC1. The summed E-state index contributed by atoms with van der Waals surface area (Å²) >= 11 is 12.6. The molecule has 28 heavy (non-hydrogen) atoms. The molecule has 0 bridgehead atoms. The summed E-state index contributed by atoms with van der Waals surface area (Å²) < 4.78 is 3.72. The van der Waals surface area contributed by atoms with Gasteiger partial charge in [-0.3, -0.25) is 9.88 Å². The number of hydrogen-bond donors (Lipinski definition) is 1. The lowest BCUT2D eigenvalue weighted by Gasteiger charge is -2.27. The number of pyridine rings is 1. The molecular formula is C19H20BrN5S3. The lowest BCUT2D eigenvalue weighted by molar-refractivity contribution is 0.145. The summed E-state index contributed by atoms with van der Waals surface area (Å²) in [7, 11) is 0. The van der Waals surface area contributed by atoms with Crippen molar-refractivity contribution < 1.29 is 0 Å². The van der Waals surface area contributed by atoms with Gasteiger partial charge in [-0.2, -0.15) is 11.8 Å². The summed E-state index contributed by atoms with van der Waals surface area (Å²) in [5.74, 6) is 2.36. The minimum atomic E-state index is 0.525. The second-order valence-corrected chi connectivity index (χ2v) is 10.2. The van der Waals surface area contributed by atoms with Gasteiger partial charge in [0.2, 0.25) is 5.13 Å². The van der Waals surface area contributed by atoms with E-state index >= 15 is 0 Å². The first-order valence-corrected chi connectivity index (χ1v) is 12.2. The minimum absolute atomic E-state index is 0.525. The number of nitrogens with one attached hydrogen (secondary N) is 1. The average Bonchev–Trinajstić information content (AvgIpc) is 3.33. The van der Waals surface area contributed by atoms with Gasteiger partial charge in [-0.25, -0.2) is 4.68 Å². The first-order valence-electron chi connectivity index (χ1n) is 8.99. The van der Waals surface area contributed by atoms with Gasteiger partial charge in [-0.15, -0.1) is 5.10 Å². The molecular weight excluding hydrogens is 474 g/mol. The largest absolute Gasteiger partial charge is 0.330 e. The molecule has 5 nitrogen and oxygen atoms in total. The van der Waals surface area contributed by atoms with Crippen LogP contribution < -0.4 is 5.32 Å². The van der Waals surface area contributed by atoms with E-state index in [-0.39, 0.29) is 0 Å². The average molecular weight is 495 g/mol. The van der Waals surface area contributed by atoms with Gasteiger partial charge in [-0.05, 0) is 54.7 Å². The molecule has 1 N–H and O–H groups in total. The molecule has 3 heterocycles. The van der Waals surface area contributed by atoms with E-state index in [1.165, 1.54) is 23.5 Å². The predicted molar refractivity (Wildman–Crippen MR) is 124 cm³/mol. The van der Waals surface area contributed by atoms with Gasteiger partial charge in [0, 0.05) is 34.7 Å². The molecule has 0 amide bonds. The van der Waals surface area contributed by atoms with E-state index in [0.29, 0.717) is 12.7 Å². The molecule has 1 aliphatic rings. The molecule has 146 valence electrons. The van der Waals surface area contributed by atoms with E-state index in [1.807, 2.05) is 59.0 Å². The van der Waals surface area contributed by atoms with Crippen molar-refractivity contribution in [1.29, 1.82) is 0 Å². The van der Waals surface area contributed by atoms with Crippen LogP contribution in [0.15, 0.2) is 53.1 Å². The third kappa shape index (κ3) is 5.21. The van der Waals surface area contributed by atoms with Crippen LogP contribution in [0.4, 0.5) is 10.8 Å². The molecule has 1 fully saturated rings. The highest BCUT2D eigenvalue weighted by molar-refractivity contribution is 9.10. The summed E-state index contributed by atoms with van der Waals surface area (Å²) in [6.45, 7) is 1.48. The van der Waals surface area contributed by atoms with Gasteiger partial charge >= 0.3 is 0 Å². The predicted octanol–water partition coefficient (Wildman–Crippen LogP) is 5.54. The summed E-state index contributed by atoms with van der Waals surface area (Å²) in [6, 6.07) is 14.6. The molecule has 0 unspecified atom stereocenters. The zero-order valence-electron chi connectivity index (χ0n) is 15.1.